The summed E-state index contributed by atoms with van der Waals surface area (Å²) >= 11 is 0. The van der Waals surface area contributed by atoms with Crippen LogP contribution in [0.3, 0.4) is 0 Å². The van der Waals surface area contributed by atoms with E-state index in [-0.39, 0.29) is 11.9 Å². The molecule has 1 unspecified atom stereocenters. The standard InChI is InChI=1S/C20H24N4O3S/c1-14-11-16-12-15(5-7-18(16)24(14)28(2,26)27)20(25)22-19-8-6-17(13-21-19)23-9-3-4-10-23/h5-8,12-14H,3-4,9-11H2,1-2H3,(H,21,22,25). The van der Waals surface area contributed by atoms with Crippen molar-refractivity contribution in [3.63, 3.8) is 0 Å². The smallest absolute Gasteiger partial charge is 0.256 e. The number of nitrogens with zero attached hydrogens (tertiary/aromatic N) is 3. The molecule has 1 N–H and O–H groups in total. The highest BCUT2D eigenvalue weighted by Crippen LogP contribution is 2.34. The Bertz CT molecular complexity index is 999. The second-order valence-electron chi connectivity index (χ2n) is 7.51. The molecule has 2 aliphatic rings. The summed E-state index contributed by atoms with van der Waals surface area (Å²) in [5.41, 5.74) is 3.08. The van der Waals surface area contributed by atoms with E-state index in [0.717, 1.165) is 24.3 Å². The summed E-state index contributed by atoms with van der Waals surface area (Å²) < 4.78 is 25.5. The normalized spacial score (nSPS) is 19.0. The van der Waals surface area contributed by atoms with Crippen molar-refractivity contribution >= 4 is 33.1 Å². The van der Waals surface area contributed by atoms with E-state index in [9.17, 15) is 13.2 Å². The van der Waals surface area contributed by atoms with Crippen LogP contribution in [0, 0.1) is 0 Å². The van der Waals surface area contributed by atoms with Crippen molar-refractivity contribution in [2.24, 2.45) is 0 Å². The van der Waals surface area contributed by atoms with Gasteiger partial charge in [-0.05, 0) is 62.1 Å². The molecule has 2 aromatic rings. The van der Waals surface area contributed by atoms with Gasteiger partial charge in [0.1, 0.15) is 5.82 Å². The topological polar surface area (TPSA) is 82.6 Å². The molecule has 4 rings (SSSR count). The first kappa shape index (κ1) is 18.7. The molecule has 1 saturated heterocycles. The number of sulfonamides is 1. The highest BCUT2D eigenvalue weighted by atomic mass is 32.2. The molecule has 8 heteroatoms. The number of hydrogen-bond acceptors (Lipinski definition) is 5. The summed E-state index contributed by atoms with van der Waals surface area (Å²) in [5.74, 6) is 0.245. The van der Waals surface area contributed by atoms with Gasteiger partial charge in [0.2, 0.25) is 10.0 Å². The van der Waals surface area contributed by atoms with Gasteiger partial charge in [0.15, 0.2) is 0 Å². The van der Waals surface area contributed by atoms with Gasteiger partial charge >= 0.3 is 0 Å². The highest BCUT2D eigenvalue weighted by molar-refractivity contribution is 7.92. The minimum Gasteiger partial charge on any atom is -0.370 e. The van der Waals surface area contributed by atoms with E-state index in [0.29, 0.717) is 23.5 Å². The van der Waals surface area contributed by atoms with Gasteiger partial charge in [0.05, 0.1) is 23.8 Å². The van der Waals surface area contributed by atoms with E-state index in [1.54, 1.807) is 24.4 Å². The monoisotopic (exact) mass is 400 g/mol. The fourth-order valence-corrected chi connectivity index (χ4v) is 5.32. The molecule has 7 nitrogen and oxygen atoms in total. The number of carbonyl (C=O) groups is 1. The molecule has 3 heterocycles. The summed E-state index contributed by atoms with van der Waals surface area (Å²) in [5, 5.41) is 2.82. The fourth-order valence-electron chi connectivity index (χ4n) is 4.06. The summed E-state index contributed by atoms with van der Waals surface area (Å²) in [6.45, 7) is 3.96. The SMILES string of the molecule is CC1Cc2cc(C(=O)Nc3ccc(N4CCCC4)cn3)ccc2N1S(C)(=O)=O. The minimum absolute atomic E-state index is 0.150. The van der Waals surface area contributed by atoms with Crippen LogP contribution in [-0.2, 0) is 16.4 Å². The third-order valence-electron chi connectivity index (χ3n) is 5.31. The van der Waals surface area contributed by atoms with Gasteiger partial charge in [0, 0.05) is 24.7 Å². The molecule has 0 bridgehead atoms. The molecule has 0 aliphatic carbocycles. The maximum atomic E-state index is 12.6. The van der Waals surface area contributed by atoms with E-state index >= 15 is 0 Å². The first-order valence-corrected chi connectivity index (χ1v) is 11.3. The lowest BCUT2D eigenvalue weighted by Gasteiger charge is -2.21. The predicted molar refractivity (Wildman–Crippen MR) is 111 cm³/mol. The number of fused-ring (bicyclic) bond motifs is 1. The third-order valence-corrected chi connectivity index (χ3v) is 6.58. The average molecular weight is 401 g/mol. The van der Waals surface area contributed by atoms with E-state index in [1.165, 1.54) is 23.4 Å². The Labute approximate surface area is 165 Å². The van der Waals surface area contributed by atoms with Crippen LogP contribution in [0.4, 0.5) is 17.2 Å². The van der Waals surface area contributed by atoms with Crippen LogP contribution in [0.15, 0.2) is 36.5 Å². The second-order valence-corrected chi connectivity index (χ2v) is 9.36. The maximum absolute atomic E-state index is 12.6. The zero-order chi connectivity index (χ0) is 19.9. The van der Waals surface area contributed by atoms with Crippen LogP contribution in [0.5, 0.6) is 0 Å². The van der Waals surface area contributed by atoms with Crippen molar-refractivity contribution in [3.8, 4) is 0 Å². The average Bonchev–Trinajstić information content (AvgIpc) is 3.27. The third kappa shape index (κ3) is 3.56. The number of carbonyl (C=O) groups excluding carboxylic acids is 1. The Morgan fingerprint density at radius 2 is 1.93 bits per heavy atom. The number of pyridine rings is 1. The van der Waals surface area contributed by atoms with Crippen LogP contribution in [0.2, 0.25) is 0 Å². The lowest BCUT2D eigenvalue weighted by atomic mass is 10.1. The maximum Gasteiger partial charge on any atom is 0.256 e. The molecule has 1 aromatic carbocycles. The zero-order valence-electron chi connectivity index (χ0n) is 16.1. The molecule has 28 heavy (non-hydrogen) atoms. The quantitative estimate of drug-likeness (QED) is 0.853. The molecule has 1 fully saturated rings. The molecule has 148 valence electrons. The van der Waals surface area contributed by atoms with Gasteiger partial charge in [-0.15, -0.1) is 0 Å². The molecule has 0 spiro atoms. The van der Waals surface area contributed by atoms with Gasteiger partial charge in [0.25, 0.3) is 5.91 Å². The Kier molecular flexibility index (Phi) is 4.74. The summed E-state index contributed by atoms with van der Waals surface area (Å²) in [4.78, 5) is 19.3. The van der Waals surface area contributed by atoms with Gasteiger partial charge in [-0.25, -0.2) is 13.4 Å². The number of benzene rings is 1. The summed E-state index contributed by atoms with van der Waals surface area (Å²) in [6.07, 6.45) is 5.98. The largest absolute Gasteiger partial charge is 0.370 e. The summed E-state index contributed by atoms with van der Waals surface area (Å²) in [6, 6.07) is 8.77. The van der Waals surface area contributed by atoms with Crippen LogP contribution in [0.25, 0.3) is 0 Å². The van der Waals surface area contributed by atoms with Gasteiger partial charge in [-0.3, -0.25) is 9.10 Å². The van der Waals surface area contributed by atoms with Crippen LogP contribution in [-0.4, -0.2) is 44.7 Å². The van der Waals surface area contributed by atoms with E-state index in [2.05, 4.69) is 15.2 Å². The van der Waals surface area contributed by atoms with Crippen molar-refractivity contribution in [2.75, 3.05) is 33.9 Å². The number of hydrogen-bond donors (Lipinski definition) is 1. The Morgan fingerprint density at radius 1 is 1.18 bits per heavy atom. The number of rotatable bonds is 4. The van der Waals surface area contributed by atoms with Crippen LogP contribution in [0.1, 0.15) is 35.7 Å². The van der Waals surface area contributed by atoms with Crippen molar-refractivity contribution in [1.29, 1.82) is 0 Å². The lowest BCUT2D eigenvalue weighted by Crippen LogP contribution is -2.34. The van der Waals surface area contributed by atoms with E-state index < -0.39 is 10.0 Å². The molecule has 0 saturated carbocycles. The molecule has 1 amide bonds. The minimum atomic E-state index is -3.34. The first-order valence-electron chi connectivity index (χ1n) is 9.47. The van der Waals surface area contributed by atoms with Gasteiger partial charge in [-0.1, -0.05) is 0 Å². The summed E-state index contributed by atoms with van der Waals surface area (Å²) in [7, 11) is -3.34. The zero-order valence-corrected chi connectivity index (χ0v) is 16.9. The molecule has 0 radical (unpaired) electrons. The second kappa shape index (κ2) is 7.09. The molecular formula is C20H24N4O3S. The number of nitrogens with one attached hydrogen (secondary N) is 1. The van der Waals surface area contributed by atoms with Crippen molar-refractivity contribution in [3.05, 3.63) is 47.7 Å². The van der Waals surface area contributed by atoms with Gasteiger partial charge < -0.3 is 10.2 Å². The fraction of sp³-hybridized carbons (Fsp3) is 0.400. The first-order chi connectivity index (χ1) is 13.3. The number of anilines is 3. The number of aromatic nitrogens is 1. The molecule has 2 aliphatic heterocycles. The van der Waals surface area contributed by atoms with Crippen molar-refractivity contribution in [2.45, 2.75) is 32.2 Å². The lowest BCUT2D eigenvalue weighted by molar-refractivity contribution is 0.102. The van der Waals surface area contributed by atoms with E-state index in [1.807, 2.05) is 19.1 Å². The Morgan fingerprint density at radius 3 is 2.57 bits per heavy atom. The van der Waals surface area contributed by atoms with Crippen LogP contribution < -0.4 is 14.5 Å². The Balaban J connectivity index is 1.49. The Hall–Kier alpha value is -2.61. The van der Waals surface area contributed by atoms with Crippen molar-refractivity contribution < 1.29 is 13.2 Å². The van der Waals surface area contributed by atoms with E-state index in [4.69, 9.17) is 0 Å². The molecular weight excluding hydrogens is 376 g/mol. The number of amides is 1. The predicted octanol–water partition coefficient (Wildman–Crippen LogP) is 2.64. The highest BCUT2D eigenvalue weighted by Gasteiger charge is 2.32. The van der Waals surface area contributed by atoms with Crippen molar-refractivity contribution in [1.82, 2.24) is 4.98 Å². The van der Waals surface area contributed by atoms with Gasteiger partial charge in [-0.2, -0.15) is 0 Å². The molecule has 1 atom stereocenters. The molecule has 1 aromatic heterocycles. The van der Waals surface area contributed by atoms with Crippen LogP contribution >= 0.6 is 0 Å².